The third kappa shape index (κ3) is 2.57. The van der Waals surface area contributed by atoms with Gasteiger partial charge in [-0.15, -0.1) is 0 Å². The van der Waals surface area contributed by atoms with Gasteiger partial charge in [0.1, 0.15) is 11.9 Å². The van der Waals surface area contributed by atoms with Gasteiger partial charge in [0, 0.05) is 0 Å². The fourth-order valence-electron chi connectivity index (χ4n) is 0.568. The van der Waals surface area contributed by atoms with Crippen molar-refractivity contribution in [3.05, 3.63) is 11.4 Å². The minimum absolute atomic E-state index is 0.269. The summed E-state index contributed by atoms with van der Waals surface area (Å²) < 4.78 is 12.8. The van der Waals surface area contributed by atoms with Gasteiger partial charge in [-0.05, 0) is 26.3 Å². The molecule has 2 N–H and O–H groups in total. The van der Waals surface area contributed by atoms with E-state index < -0.39 is 6.04 Å². The molecule has 3 nitrogen and oxygen atoms in total. The van der Waals surface area contributed by atoms with Crippen LogP contribution in [0.1, 0.15) is 20.8 Å². The topological polar surface area (TPSA) is 50.7 Å². The van der Waals surface area contributed by atoms with E-state index >= 15 is 0 Å². The van der Waals surface area contributed by atoms with Crippen LogP contribution in [0.15, 0.2) is 21.7 Å². The zero-order valence-electron chi connectivity index (χ0n) is 6.43. The third-order valence-corrected chi connectivity index (χ3v) is 1.08. The molecule has 0 fully saturated rings. The van der Waals surface area contributed by atoms with Crippen LogP contribution in [0.25, 0.3) is 0 Å². The Bertz CT molecular complexity index is 158. The Hall–Kier alpha value is -0.930. The van der Waals surface area contributed by atoms with Gasteiger partial charge < -0.3 is 5.84 Å². The SMILES string of the molecule is CC(C)=C(F)C(C)N=NN. The van der Waals surface area contributed by atoms with Crippen LogP contribution in [-0.2, 0) is 0 Å². The van der Waals surface area contributed by atoms with Crippen molar-refractivity contribution in [2.75, 3.05) is 0 Å². The van der Waals surface area contributed by atoms with Gasteiger partial charge in [0.15, 0.2) is 0 Å². The van der Waals surface area contributed by atoms with Crippen molar-refractivity contribution in [2.24, 2.45) is 16.2 Å². The van der Waals surface area contributed by atoms with Crippen LogP contribution in [0.5, 0.6) is 0 Å². The molecular weight excluding hydrogens is 133 g/mol. The van der Waals surface area contributed by atoms with Crippen LogP contribution in [0.4, 0.5) is 4.39 Å². The van der Waals surface area contributed by atoms with E-state index in [0.717, 1.165) is 0 Å². The fourth-order valence-corrected chi connectivity index (χ4v) is 0.568. The second-order valence-electron chi connectivity index (χ2n) is 2.25. The summed E-state index contributed by atoms with van der Waals surface area (Å²) in [5.74, 6) is 4.47. The first kappa shape index (κ1) is 9.07. The number of allylic oxidation sites excluding steroid dienone is 1. The molecule has 0 radical (unpaired) electrons. The Morgan fingerprint density at radius 2 is 2.00 bits per heavy atom. The fraction of sp³-hybridized carbons (Fsp3) is 0.667. The maximum atomic E-state index is 12.8. The summed E-state index contributed by atoms with van der Waals surface area (Å²) in [6.45, 7) is 4.95. The standard InChI is InChI=1S/C6H12FN3/c1-4(2)6(7)5(3)9-10-8/h5H,1-3H3,(H2,8,9). The lowest BCUT2D eigenvalue weighted by atomic mass is 10.2. The molecule has 0 saturated carbocycles. The first-order valence-electron chi connectivity index (χ1n) is 3.02. The minimum atomic E-state index is -0.546. The second-order valence-corrected chi connectivity index (χ2v) is 2.25. The van der Waals surface area contributed by atoms with Crippen molar-refractivity contribution >= 4 is 0 Å². The third-order valence-electron chi connectivity index (χ3n) is 1.08. The smallest absolute Gasteiger partial charge is 0.125 e. The zero-order valence-corrected chi connectivity index (χ0v) is 6.43. The van der Waals surface area contributed by atoms with E-state index in [-0.39, 0.29) is 5.83 Å². The van der Waals surface area contributed by atoms with E-state index in [0.29, 0.717) is 5.57 Å². The largest absolute Gasteiger partial charge is 0.305 e. The highest BCUT2D eigenvalue weighted by molar-refractivity contribution is 5.07. The summed E-state index contributed by atoms with van der Waals surface area (Å²) in [5, 5.41) is 6.41. The zero-order chi connectivity index (χ0) is 8.15. The quantitative estimate of drug-likeness (QED) is 0.360. The average molecular weight is 145 g/mol. The van der Waals surface area contributed by atoms with E-state index in [1.54, 1.807) is 20.8 Å². The first-order valence-corrected chi connectivity index (χ1v) is 3.02. The molecule has 0 heterocycles. The van der Waals surface area contributed by atoms with Crippen molar-refractivity contribution < 1.29 is 4.39 Å². The highest BCUT2D eigenvalue weighted by Gasteiger charge is 2.06. The van der Waals surface area contributed by atoms with Crippen molar-refractivity contribution in [2.45, 2.75) is 26.8 Å². The van der Waals surface area contributed by atoms with Gasteiger partial charge in [-0.3, -0.25) is 0 Å². The van der Waals surface area contributed by atoms with Gasteiger partial charge in [0.05, 0.1) is 0 Å². The molecule has 0 aliphatic carbocycles. The summed E-state index contributed by atoms with van der Waals surface area (Å²) in [6, 6.07) is -0.546. The Balaban J connectivity index is 4.21. The van der Waals surface area contributed by atoms with Gasteiger partial charge in [-0.1, -0.05) is 5.22 Å². The van der Waals surface area contributed by atoms with Crippen LogP contribution in [0, 0.1) is 0 Å². The Morgan fingerprint density at radius 1 is 1.50 bits per heavy atom. The number of hydrogen-bond acceptors (Lipinski definition) is 2. The van der Waals surface area contributed by atoms with Crippen molar-refractivity contribution in [1.29, 1.82) is 0 Å². The normalized spacial score (nSPS) is 13.6. The van der Waals surface area contributed by atoms with E-state index in [9.17, 15) is 4.39 Å². The van der Waals surface area contributed by atoms with Crippen LogP contribution in [-0.4, -0.2) is 6.04 Å². The number of nitrogens with zero attached hydrogens (tertiary/aromatic N) is 2. The predicted molar refractivity (Wildman–Crippen MR) is 38.0 cm³/mol. The average Bonchev–Trinajstić information content (AvgIpc) is 1.87. The summed E-state index contributed by atoms with van der Waals surface area (Å²) in [7, 11) is 0. The van der Waals surface area contributed by atoms with Gasteiger partial charge >= 0.3 is 0 Å². The summed E-state index contributed by atoms with van der Waals surface area (Å²) in [5.41, 5.74) is 0.611. The van der Waals surface area contributed by atoms with Crippen LogP contribution in [0.3, 0.4) is 0 Å². The summed E-state index contributed by atoms with van der Waals surface area (Å²) in [6.07, 6.45) is 0. The summed E-state index contributed by atoms with van der Waals surface area (Å²) >= 11 is 0. The molecule has 0 aliphatic heterocycles. The van der Waals surface area contributed by atoms with Crippen LogP contribution >= 0.6 is 0 Å². The maximum absolute atomic E-state index is 12.8. The van der Waals surface area contributed by atoms with Gasteiger partial charge in [-0.2, -0.15) is 5.11 Å². The maximum Gasteiger partial charge on any atom is 0.125 e. The molecule has 0 spiro atoms. The summed E-state index contributed by atoms with van der Waals surface area (Å²) in [4.78, 5) is 0. The first-order chi connectivity index (χ1) is 4.59. The predicted octanol–water partition coefficient (Wildman–Crippen LogP) is 1.96. The molecule has 58 valence electrons. The molecule has 0 aromatic rings. The molecule has 1 atom stereocenters. The second kappa shape index (κ2) is 3.98. The minimum Gasteiger partial charge on any atom is -0.305 e. The molecule has 0 bridgehead atoms. The van der Waals surface area contributed by atoms with Crippen molar-refractivity contribution in [3.8, 4) is 0 Å². The monoisotopic (exact) mass is 145 g/mol. The van der Waals surface area contributed by atoms with Gasteiger partial charge in [0.2, 0.25) is 0 Å². The van der Waals surface area contributed by atoms with Crippen molar-refractivity contribution in [3.63, 3.8) is 0 Å². The molecular formula is C6H12FN3. The van der Waals surface area contributed by atoms with Crippen LogP contribution < -0.4 is 5.84 Å². The Kier molecular flexibility index (Phi) is 3.61. The number of halogens is 1. The highest BCUT2D eigenvalue weighted by Crippen LogP contribution is 2.12. The Morgan fingerprint density at radius 3 is 2.30 bits per heavy atom. The molecule has 0 aliphatic rings. The van der Waals surface area contributed by atoms with E-state index in [2.05, 4.69) is 10.3 Å². The lowest BCUT2D eigenvalue weighted by Crippen LogP contribution is -2.00. The number of nitrogens with two attached hydrogens (primary N) is 1. The molecule has 0 aromatic carbocycles. The Labute approximate surface area is 59.8 Å². The molecule has 10 heavy (non-hydrogen) atoms. The van der Waals surface area contributed by atoms with Crippen molar-refractivity contribution in [1.82, 2.24) is 0 Å². The number of rotatable bonds is 2. The molecule has 1 unspecified atom stereocenters. The molecule has 4 heteroatoms. The van der Waals surface area contributed by atoms with E-state index in [4.69, 9.17) is 5.84 Å². The van der Waals surface area contributed by atoms with Gasteiger partial charge in [0.25, 0.3) is 0 Å². The lowest BCUT2D eigenvalue weighted by Gasteiger charge is -2.01. The lowest BCUT2D eigenvalue weighted by molar-refractivity contribution is 0.536. The van der Waals surface area contributed by atoms with E-state index in [1.165, 1.54) is 0 Å². The molecule has 0 saturated heterocycles. The molecule has 0 amide bonds. The number of hydrogen-bond donors (Lipinski definition) is 1. The highest BCUT2D eigenvalue weighted by atomic mass is 19.1. The van der Waals surface area contributed by atoms with Crippen LogP contribution in [0.2, 0.25) is 0 Å². The van der Waals surface area contributed by atoms with Gasteiger partial charge in [-0.25, -0.2) is 4.39 Å². The molecule has 0 aromatic heterocycles. The van der Waals surface area contributed by atoms with E-state index in [1.807, 2.05) is 0 Å². The molecule has 0 rings (SSSR count).